The molecule has 0 spiro atoms. The van der Waals surface area contributed by atoms with E-state index in [4.69, 9.17) is 10.5 Å². The number of esters is 1. The summed E-state index contributed by atoms with van der Waals surface area (Å²) in [5, 5.41) is 0.289. The zero-order valence-corrected chi connectivity index (χ0v) is 17.3. The van der Waals surface area contributed by atoms with Gasteiger partial charge in [-0.2, -0.15) is 0 Å². The Balaban J connectivity index is 1.77. The normalized spacial score (nSPS) is 23.2. The zero-order chi connectivity index (χ0) is 21.0. The number of carbonyl (C=O) groups is 1. The van der Waals surface area contributed by atoms with E-state index in [1.165, 1.54) is 6.07 Å². The van der Waals surface area contributed by atoms with Gasteiger partial charge in [-0.1, -0.05) is 0 Å². The van der Waals surface area contributed by atoms with Crippen molar-refractivity contribution in [2.45, 2.75) is 57.5 Å². The monoisotopic (exact) mass is 413 g/mol. The molecule has 0 radical (unpaired) electrons. The van der Waals surface area contributed by atoms with E-state index < -0.39 is 11.4 Å². The van der Waals surface area contributed by atoms with Crippen LogP contribution in [0.15, 0.2) is 17.1 Å². The molecule has 2 atom stereocenters. The van der Waals surface area contributed by atoms with E-state index in [-0.39, 0.29) is 35.5 Å². The summed E-state index contributed by atoms with van der Waals surface area (Å²) in [6, 6.07) is 1.84. The lowest BCUT2D eigenvalue weighted by atomic mass is 9.96. The van der Waals surface area contributed by atoms with Gasteiger partial charge in [0.25, 0.3) is 0 Å². The number of nitrogens with two attached hydrogens (primary N) is 1. The minimum Gasteiger partial charge on any atom is -0.462 e. The Morgan fingerprint density at radius 2 is 2.10 bits per heavy atom. The van der Waals surface area contributed by atoms with Gasteiger partial charge in [0.05, 0.1) is 17.8 Å². The smallest absolute Gasteiger partial charge is 0.343 e. The van der Waals surface area contributed by atoms with Gasteiger partial charge in [-0.3, -0.25) is 4.79 Å². The lowest BCUT2D eigenvalue weighted by Crippen LogP contribution is -2.35. The van der Waals surface area contributed by atoms with E-state index in [9.17, 15) is 9.59 Å². The molecule has 5 rings (SSSR count). The van der Waals surface area contributed by atoms with Crippen LogP contribution in [0.4, 0.5) is 10.1 Å². The molecule has 7 heteroatoms. The fraction of sp³-hybridized carbons (Fsp3) is 0.565. The van der Waals surface area contributed by atoms with Gasteiger partial charge < -0.3 is 19.9 Å². The van der Waals surface area contributed by atoms with Crippen molar-refractivity contribution < 1.29 is 13.9 Å². The number of anilines is 1. The van der Waals surface area contributed by atoms with Crippen LogP contribution in [0.5, 0.6) is 0 Å². The average Bonchev–Trinajstić information content (AvgIpc) is 3.52. The van der Waals surface area contributed by atoms with Crippen molar-refractivity contribution in [1.29, 1.82) is 0 Å². The maximum atomic E-state index is 15.5. The van der Waals surface area contributed by atoms with Crippen LogP contribution in [-0.4, -0.2) is 36.3 Å². The van der Waals surface area contributed by atoms with Gasteiger partial charge in [0.2, 0.25) is 5.43 Å². The highest BCUT2D eigenvalue weighted by Crippen LogP contribution is 2.44. The molecule has 1 aliphatic carbocycles. The topological polar surface area (TPSA) is 77.6 Å². The summed E-state index contributed by atoms with van der Waals surface area (Å²) in [7, 11) is 0. The number of rotatable bonds is 4. The molecule has 6 nitrogen and oxygen atoms in total. The molecule has 1 saturated heterocycles. The molecule has 0 amide bonds. The maximum Gasteiger partial charge on any atom is 0.343 e. The first-order valence-electron chi connectivity index (χ1n) is 11.1. The highest BCUT2D eigenvalue weighted by atomic mass is 19.1. The summed E-state index contributed by atoms with van der Waals surface area (Å²) >= 11 is 0. The molecular weight excluding hydrogens is 385 g/mol. The Bertz CT molecular complexity index is 1080. The summed E-state index contributed by atoms with van der Waals surface area (Å²) in [5.74, 6) is -0.634. The van der Waals surface area contributed by atoms with Crippen LogP contribution in [0, 0.1) is 11.7 Å². The number of halogens is 1. The highest BCUT2D eigenvalue weighted by Gasteiger charge is 2.39. The second-order valence-corrected chi connectivity index (χ2v) is 8.75. The van der Waals surface area contributed by atoms with Gasteiger partial charge >= 0.3 is 5.97 Å². The zero-order valence-electron chi connectivity index (χ0n) is 17.3. The first-order valence-corrected chi connectivity index (χ1v) is 11.1. The van der Waals surface area contributed by atoms with Crippen LogP contribution < -0.4 is 16.1 Å². The summed E-state index contributed by atoms with van der Waals surface area (Å²) < 4.78 is 22.7. The van der Waals surface area contributed by atoms with Crippen molar-refractivity contribution in [2.24, 2.45) is 11.7 Å². The first-order chi connectivity index (χ1) is 14.5. The van der Waals surface area contributed by atoms with Crippen LogP contribution in [0.25, 0.3) is 10.9 Å². The maximum absolute atomic E-state index is 15.5. The number of hydrogen-bond donors (Lipinski definition) is 1. The number of pyridine rings is 1. The SMILES string of the molecule is CCOC(=O)c1cn(C2CC2)c2c3c(c(F)cc2c1=O)N1CC[C@H](CN)[C@@H]1CCC3. The highest BCUT2D eigenvalue weighted by molar-refractivity contribution is 5.96. The van der Waals surface area contributed by atoms with Gasteiger partial charge in [0.15, 0.2) is 0 Å². The van der Waals surface area contributed by atoms with Crippen LogP contribution in [0.3, 0.4) is 0 Å². The molecule has 2 N–H and O–H groups in total. The minimum absolute atomic E-state index is 0.00790. The van der Waals surface area contributed by atoms with E-state index in [1.807, 2.05) is 4.57 Å². The van der Waals surface area contributed by atoms with E-state index in [0.717, 1.165) is 56.1 Å². The lowest BCUT2D eigenvalue weighted by molar-refractivity contribution is 0.0524. The Morgan fingerprint density at radius 3 is 2.80 bits per heavy atom. The first kappa shape index (κ1) is 19.5. The summed E-state index contributed by atoms with van der Waals surface area (Å²) in [4.78, 5) is 27.8. The number of benzene rings is 1. The largest absolute Gasteiger partial charge is 0.462 e. The van der Waals surface area contributed by atoms with Gasteiger partial charge in [0.1, 0.15) is 11.4 Å². The van der Waals surface area contributed by atoms with Gasteiger partial charge in [0, 0.05) is 35.8 Å². The minimum atomic E-state index is -0.639. The molecule has 1 aromatic heterocycles. The Labute approximate surface area is 174 Å². The molecular formula is C23H28FN3O3. The van der Waals surface area contributed by atoms with Gasteiger partial charge in [-0.15, -0.1) is 0 Å². The Morgan fingerprint density at radius 1 is 1.30 bits per heavy atom. The summed E-state index contributed by atoms with van der Waals surface area (Å²) in [6.45, 7) is 3.30. The van der Waals surface area contributed by atoms with E-state index >= 15 is 4.39 Å². The fourth-order valence-electron chi connectivity index (χ4n) is 5.45. The third kappa shape index (κ3) is 2.94. The average molecular weight is 413 g/mol. The number of hydrogen-bond acceptors (Lipinski definition) is 5. The molecule has 160 valence electrons. The Kier molecular flexibility index (Phi) is 4.81. The van der Waals surface area contributed by atoms with Crippen molar-refractivity contribution in [3.05, 3.63) is 39.4 Å². The molecule has 3 heterocycles. The van der Waals surface area contributed by atoms with Crippen LogP contribution in [-0.2, 0) is 11.2 Å². The Hall–Kier alpha value is -2.41. The molecule has 1 saturated carbocycles. The third-order valence-corrected chi connectivity index (χ3v) is 6.98. The number of nitrogens with zero attached hydrogens (tertiary/aromatic N) is 2. The summed E-state index contributed by atoms with van der Waals surface area (Å²) in [6.07, 6.45) is 7.23. The van der Waals surface area contributed by atoms with Crippen molar-refractivity contribution >= 4 is 22.6 Å². The van der Waals surface area contributed by atoms with E-state index in [0.29, 0.717) is 18.2 Å². The number of aryl methyl sites for hydroxylation is 1. The van der Waals surface area contributed by atoms with Gasteiger partial charge in [-0.25, -0.2) is 9.18 Å². The van der Waals surface area contributed by atoms with Crippen molar-refractivity contribution in [3.8, 4) is 0 Å². The molecule has 0 unspecified atom stereocenters. The number of ether oxygens (including phenoxy) is 1. The third-order valence-electron chi connectivity index (χ3n) is 6.98. The quantitative estimate of drug-likeness (QED) is 0.780. The van der Waals surface area contributed by atoms with Crippen molar-refractivity contribution in [3.63, 3.8) is 0 Å². The van der Waals surface area contributed by atoms with Crippen LogP contribution in [0.1, 0.15) is 61.0 Å². The second kappa shape index (κ2) is 7.38. The molecule has 3 aliphatic rings. The number of aromatic nitrogens is 1. The predicted octanol–water partition coefficient (Wildman–Crippen LogP) is 3.14. The fourth-order valence-corrected chi connectivity index (χ4v) is 5.45. The number of carbonyl (C=O) groups excluding carboxylic acids is 1. The molecule has 2 aromatic rings. The molecule has 2 aliphatic heterocycles. The number of fused-ring (bicyclic) bond motifs is 5. The van der Waals surface area contributed by atoms with Crippen molar-refractivity contribution in [1.82, 2.24) is 4.57 Å². The van der Waals surface area contributed by atoms with E-state index in [1.54, 1.807) is 13.1 Å². The molecule has 1 aromatic carbocycles. The predicted molar refractivity (Wildman–Crippen MR) is 114 cm³/mol. The van der Waals surface area contributed by atoms with Crippen molar-refractivity contribution in [2.75, 3.05) is 24.6 Å². The summed E-state index contributed by atoms with van der Waals surface area (Å²) in [5.41, 5.74) is 7.88. The van der Waals surface area contributed by atoms with Gasteiger partial charge in [-0.05, 0) is 64.0 Å². The second-order valence-electron chi connectivity index (χ2n) is 8.75. The molecule has 0 bridgehead atoms. The molecule has 2 fully saturated rings. The lowest BCUT2D eigenvalue weighted by Gasteiger charge is -2.30. The van der Waals surface area contributed by atoms with E-state index in [2.05, 4.69) is 4.90 Å². The van der Waals surface area contributed by atoms with Crippen LogP contribution >= 0.6 is 0 Å². The van der Waals surface area contributed by atoms with Crippen LogP contribution in [0.2, 0.25) is 0 Å². The molecule has 30 heavy (non-hydrogen) atoms. The standard InChI is InChI=1S/C23H28FN3O3/c1-2-30-23(29)17-12-27(14-6-7-14)20-15-4-3-5-19-13(11-25)8-9-26(19)21(15)18(24)10-16(20)22(17)28/h10,12-14,19H,2-9,11,25H2,1H3/t13-,19+/m1/s1.